The van der Waals surface area contributed by atoms with E-state index in [0.717, 1.165) is 5.56 Å². The van der Waals surface area contributed by atoms with Crippen molar-refractivity contribution < 1.29 is 19.4 Å². The van der Waals surface area contributed by atoms with Gasteiger partial charge in [-0.2, -0.15) is 0 Å². The van der Waals surface area contributed by atoms with Crippen molar-refractivity contribution in [3.8, 4) is 0 Å². The van der Waals surface area contributed by atoms with E-state index < -0.39 is 18.1 Å². The molecular formula is C12H14Cl2N2O4. The van der Waals surface area contributed by atoms with Gasteiger partial charge in [0.2, 0.25) is 0 Å². The number of carboxylic acid groups (broad SMARTS) is 1. The molecule has 0 bridgehead atoms. The lowest BCUT2D eigenvalue weighted by molar-refractivity contribution is -0.147. The Morgan fingerprint density at radius 3 is 2.60 bits per heavy atom. The zero-order chi connectivity index (χ0) is 15.3. The summed E-state index contributed by atoms with van der Waals surface area (Å²) >= 11 is 12.0. The van der Waals surface area contributed by atoms with Gasteiger partial charge in [-0.25, -0.2) is 9.59 Å². The third kappa shape index (κ3) is 4.26. The van der Waals surface area contributed by atoms with Crippen molar-refractivity contribution in [3.05, 3.63) is 27.7 Å². The number of halogens is 2. The number of hydrogen-bond donors (Lipinski definition) is 3. The van der Waals surface area contributed by atoms with Crippen molar-refractivity contribution in [1.29, 1.82) is 0 Å². The number of aryl methyl sites for hydroxylation is 1. The number of aliphatic carboxylic acids is 1. The molecule has 110 valence electrons. The van der Waals surface area contributed by atoms with Crippen molar-refractivity contribution in [2.24, 2.45) is 0 Å². The second kappa shape index (κ2) is 7.33. The Morgan fingerprint density at radius 1 is 1.40 bits per heavy atom. The van der Waals surface area contributed by atoms with Gasteiger partial charge >= 0.3 is 12.0 Å². The van der Waals surface area contributed by atoms with Crippen molar-refractivity contribution in [1.82, 2.24) is 5.32 Å². The first-order valence-electron chi connectivity index (χ1n) is 5.61. The van der Waals surface area contributed by atoms with E-state index in [9.17, 15) is 9.59 Å². The van der Waals surface area contributed by atoms with E-state index in [1.807, 2.05) is 0 Å². The van der Waals surface area contributed by atoms with E-state index in [0.29, 0.717) is 5.02 Å². The first-order valence-corrected chi connectivity index (χ1v) is 6.37. The van der Waals surface area contributed by atoms with Crippen LogP contribution in [0.5, 0.6) is 0 Å². The van der Waals surface area contributed by atoms with Gasteiger partial charge in [0, 0.05) is 7.11 Å². The number of methoxy groups -OCH3 is 1. The summed E-state index contributed by atoms with van der Waals surface area (Å²) < 4.78 is 4.68. The molecule has 1 unspecified atom stereocenters. The first kappa shape index (κ1) is 16.6. The minimum Gasteiger partial charge on any atom is -0.479 e. The van der Waals surface area contributed by atoms with Crippen LogP contribution in [-0.2, 0) is 9.53 Å². The zero-order valence-electron chi connectivity index (χ0n) is 10.9. The van der Waals surface area contributed by atoms with Gasteiger partial charge in [0.1, 0.15) is 0 Å². The van der Waals surface area contributed by atoms with Crippen LogP contribution >= 0.6 is 23.2 Å². The van der Waals surface area contributed by atoms with Gasteiger partial charge in [-0.05, 0) is 18.6 Å². The minimum atomic E-state index is -1.17. The second-order valence-electron chi connectivity index (χ2n) is 3.95. The summed E-state index contributed by atoms with van der Waals surface area (Å²) in [6, 6.07) is 2.70. The largest absolute Gasteiger partial charge is 0.479 e. The number of amides is 2. The fourth-order valence-corrected chi connectivity index (χ4v) is 1.85. The highest BCUT2D eigenvalue weighted by Crippen LogP contribution is 2.32. The molecule has 0 heterocycles. The summed E-state index contributed by atoms with van der Waals surface area (Å²) in [5.74, 6) is -1.17. The topological polar surface area (TPSA) is 87.7 Å². The number of rotatable bonds is 5. The molecule has 0 aliphatic rings. The molecule has 0 radical (unpaired) electrons. The molecule has 6 nitrogen and oxygen atoms in total. The maximum atomic E-state index is 11.7. The maximum Gasteiger partial charge on any atom is 0.334 e. The average Bonchev–Trinajstić information content (AvgIpc) is 2.39. The normalized spacial score (nSPS) is 11.8. The first-order chi connectivity index (χ1) is 9.36. The summed E-state index contributed by atoms with van der Waals surface area (Å²) in [6.45, 7) is 1.59. The Hall–Kier alpha value is -1.50. The third-order valence-electron chi connectivity index (χ3n) is 2.53. The second-order valence-corrected chi connectivity index (χ2v) is 4.74. The van der Waals surface area contributed by atoms with E-state index in [-0.39, 0.29) is 17.3 Å². The number of carboxylic acids is 1. The molecule has 0 saturated heterocycles. The average molecular weight is 321 g/mol. The van der Waals surface area contributed by atoms with E-state index in [1.54, 1.807) is 19.1 Å². The van der Waals surface area contributed by atoms with Crippen LogP contribution in [0.25, 0.3) is 0 Å². The molecule has 0 aliphatic carbocycles. The van der Waals surface area contributed by atoms with Gasteiger partial charge in [0.25, 0.3) is 0 Å². The van der Waals surface area contributed by atoms with Crippen LogP contribution in [0.3, 0.4) is 0 Å². The van der Waals surface area contributed by atoms with Crippen LogP contribution in [0.2, 0.25) is 10.0 Å². The highest BCUT2D eigenvalue weighted by Gasteiger charge is 2.18. The highest BCUT2D eigenvalue weighted by molar-refractivity contribution is 6.40. The Balaban J connectivity index is 2.68. The SMILES string of the molecule is COC(CNC(=O)Nc1c(Cl)ccc(C)c1Cl)C(=O)O. The minimum absolute atomic E-state index is 0.182. The molecule has 2 amide bonds. The fourth-order valence-electron chi connectivity index (χ4n) is 1.39. The van der Waals surface area contributed by atoms with Crippen LogP contribution in [0.4, 0.5) is 10.5 Å². The molecule has 20 heavy (non-hydrogen) atoms. The molecule has 0 saturated carbocycles. The van der Waals surface area contributed by atoms with Crippen LogP contribution in [0.15, 0.2) is 12.1 Å². The molecule has 1 rings (SSSR count). The molecule has 1 atom stereocenters. The van der Waals surface area contributed by atoms with Gasteiger partial charge in [0.05, 0.1) is 22.3 Å². The van der Waals surface area contributed by atoms with Crippen LogP contribution < -0.4 is 10.6 Å². The molecule has 1 aromatic rings. The van der Waals surface area contributed by atoms with E-state index in [1.165, 1.54) is 7.11 Å². The summed E-state index contributed by atoms with van der Waals surface area (Å²) in [5, 5.41) is 14.2. The molecular weight excluding hydrogens is 307 g/mol. The van der Waals surface area contributed by atoms with Gasteiger partial charge in [-0.3, -0.25) is 0 Å². The van der Waals surface area contributed by atoms with Crippen molar-refractivity contribution in [2.75, 3.05) is 19.0 Å². The zero-order valence-corrected chi connectivity index (χ0v) is 12.4. The van der Waals surface area contributed by atoms with Crippen LogP contribution in [-0.4, -0.2) is 36.9 Å². The summed E-state index contributed by atoms with van der Waals surface area (Å²) in [4.78, 5) is 22.4. The van der Waals surface area contributed by atoms with Crippen molar-refractivity contribution >= 4 is 40.9 Å². The Bertz CT molecular complexity index is 522. The number of ether oxygens (including phenoxy) is 1. The lowest BCUT2D eigenvalue weighted by Gasteiger charge is -2.14. The summed E-state index contributed by atoms with van der Waals surface area (Å²) in [5.41, 5.74) is 1.03. The standard InChI is InChI=1S/C12H14Cl2N2O4/c1-6-3-4-7(13)10(9(6)14)16-12(19)15-5-8(20-2)11(17)18/h3-4,8H,5H2,1-2H3,(H,17,18)(H2,15,16,19). The molecule has 0 aromatic heterocycles. The smallest absolute Gasteiger partial charge is 0.334 e. The van der Waals surface area contributed by atoms with Gasteiger partial charge in [-0.15, -0.1) is 0 Å². The number of hydrogen-bond acceptors (Lipinski definition) is 3. The fraction of sp³-hybridized carbons (Fsp3) is 0.333. The Kier molecular flexibility index (Phi) is 6.06. The third-order valence-corrected chi connectivity index (χ3v) is 3.33. The van der Waals surface area contributed by atoms with Crippen LogP contribution in [0, 0.1) is 6.92 Å². The summed E-state index contributed by atoms with van der Waals surface area (Å²) in [6.07, 6.45) is -1.12. The van der Waals surface area contributed by atoms with E-state index in [2.05, 4.69) is 15.4 Å². The van der Waals surface area contributed by atoms with E-state index >= 15 is 0 Å². The molecule has 3 N–H and O–H groups in total. The van der Waals surface area contributed by atoms with Gasteiger partial charge < -0.3 is 20.5 Å². The highest BCUT2D eigenvalue weighted by atomic mass is 35.5. The predicted octanol–water partition coefficient (Wildman–Crippen LogP) is 2.52. The van der Waals surface area contributed by atoms with Gasteiger partial charge in [-0.1, -0.05) is 29.3 Å². The number of nitrogens with one attached hydrogen (secondary N) is 2. The number of carbonyl (C=O) groups excluding carboxylic acids is 1. The quantitative estimate of drug-likeness (QED) is 0.777. The van der Waals surface area contributed by atoms with E-state index in [4.69, 9.17) is 28.3 Å². The predicted molar refractivity (Wildman–Crippen MR) is 76.7 cm³/mol. The monoisotopic (exact) mass is 320 g/mol. The lowest BCUT2D eigenvalue weighted by Crippen LogP contribution is -2.39. The number of benzene rings is 1. The number of anilines is 1. The Morgan fingerprint density at radius 2 is 2.05 bits per heavy atom. The number of carbonyl (C=O) groups is 2. The molecule has 8 heteroatoms. The van der Waals surface area contributed by atoms with Crippen molar-refractivity contribution in [3.63, 3.8) is 0 Å². The lowest BCUT2D eigenvalue weighted by atomic mass is 10.2. The maximum absolute atomic E-state index is 11.7. The summed E-state index contributed by atoms with van der Waals surface area (Å²) in [7, 11) is 1.24. The van der Waals surface area contributed by atoms with Crippen molar-refractivity contribution in [2.45, 2.75) is 13.0 Å². The molecule has 0 spiro atoms. The molecule has 0 aliphatic heterocycles. The van der Waals surface area contributed by atoms with Crippen LogP contribution in [0.1, 0.15) is 5.56 Å². The van der Waals surface area contributed by atoms with Gasteiger partial charge in [0.15, 0.2) is 6.10 Å². The molecule has 1 aromatic carbocycles. The molecule has 0 fully saturated rings. The Labute approximate surface area is 126 Å². The number of urea groups is 1.